The molecule has 2 rings (SSSR count). The molecule has 0 saturated heterocycles. The Morgan fingerprint density at radius 3 is 2.65 bits per heavy atom. The number of methoxy groups -OCH3 is 1. The molecular weight excluding hydrogens is 259 g/mol. The van der Waals surface area contributed by atoms with E-state index in [0.717, 1.165) is 11.3 Å². The molecule has 0 aliphatic heterocycles. The van der Waals surface area contributed by atoms with Gasteiger partial charge in [-0.05, 0) is 42.3 Å². The highest BCUT2D eigenvalue weighted by molar-refractivity contribution is 5.32. The molecule has 0 aliphatic carbocycles. The van der Waals surface area contributed by atoms with Gasteiger partial charge in [0.2, 0.25) is 0 Å². The van der Waals surface area contributed by atoms with E-state index in [0.29, 0.717) is 5.56 Å². The minimum absolute atomic E-state index is 0.164. The summed E-state index contributed by atoms with van der Waals surface area (Å²) in [5, 5.41) is 9.38. The molecule has 20 heavy (non-hydrogen) atoms. The van der Waals surface area contributed by atoms with Gasteiger partial charge < -0.3 is 14.6 Å². The molecular formula is C16H17FO3. The maximum Gasteiger partial charge on any atom is 0.165 e. The summed E-state index contributed by atoms with van der Waals surface area (Å²) in [6, 6.07) is 11.9. The van der Waals surface area contributed by atoms with Crippen molar-refractivity contribution in [3.8, 4) is 11.5 Å². The van der Waals surface area contributed by atoms with Crippen LogP contribution in [0.1, 0.15) is 24.2 Å². The van der Waals surface area contributed by atoms with Gasteiger partial charge in [0.05, 0.1) is 13.2 Å². The second-order valence-electron chi connectivity index (χ2n) is 4.51. The number of hydrogen-bond donors (Lipinski definition) is 1. The third-order valence-corrected chi connectivity index (χ3v) is 2.97. The van der Waals surface area contributed by atoms with Gasteiger partial charge in [-0.1, -0.05) is 18.2 Å². The van der Waals surface area contributed by atoms with Crippen molar-refractivity contribution in [3.05, 3.63) is 59.4 Å². The van der Waals surface area contributed by atoms with E-state index in [9.17, 15) is 9.50 Å². The maximum atomic E-state index is 13.8. The van der Waals surface area contributed by atoms with Crippen LogP contribution < -0.4 is 9.47 Å². The molecule has 0 spiro atoms. The van der Waals surface area contributed by atoms with Gasteiger partial charge in [-0.25, -0.2) is 4.39 Å². The molecule has 0 amide bonds. The topological polar surface area (TPSA) is 38.7 Å². The van der Waals surface area contributed by atoms with Gasteiger partial charge in [0.25, 0.3) is 0 Å². The maximum absolute atomic E-state index is 13.8. The Morgan fingerprint density at radius 2 is 2.00 bits per heavy atom. The molecule has 0 fully saturated rings. The summed E-state index contributed by atoms with van der Waals surface area (Å²) in [4.78, 5) is 0. The van der Waals surface area contributed by atoms with Gasteiger partial charge in [-0.3, -0.25) is 0 Å². The third kappa shape index (κ3) is 3.48. The normalized spacial score (nSPS) is 12.0. The first-order chi connectivity index (χ1) is 9.60. The van der Waals surface area contributed by atoms with Crippen molar-refractivity contribution in [2.45, 2.75) is 19.6 Å². The van der Waals surface area contributed by atoms with Gasteiger partial charge in [-0.2, -0.15) is 0 Å². The summed E-state index contributed by atoms with van der Waals surface area (Å²) in [7, 11) is 1.59. The Balaban J connectivity index is 2.07. The van der Waals surface area contributed by atoms with Crippen molar-refractivity contribution >= 4 is 0 Å². The van der Waals surface area contributed by atoms with E-state index in [-0.39, 0.29) is 12.4 Å². The summed E-state index contributed by atoms with van der Waals surface area (Å²) in [5.41, 5.74) is 1.42. The van der Waals surface area contributed by atoms with Crippen molar-refractivity contribution in [2.75, 3.05) is 7.11 Å². The number of ether oxygens (including phenoxy) is 2. The summed E-state index contributed by atoms with van der Waals surface area (Å²) in [6.07, 6.45) is -0.697. The molecule has 0 unspecified atom stereocenters. The molecule has 1 N–H and O–H groups in total. The van der Waals surface area contributed by atoms with Crippen LogP contribution in [-0.4, -0.2) is 12.2 Å². The molecule has 0 aromatic heterocycles. The van der Waals surface area contributed by atoms with E-state index in [1.165, 1.54) is 12.1 Å². The van der Waals surface area contributed by atoms with Gasteiger partial charge in [0.1, 0.15) is 12.4 Å². The molecule has 0 saturated carbocycles. The fraction of sp³-hybridized carbons (Fsp3) is 0.250. The zero-order chi connectivity index (χ0) is 14.5. The van der Waals surface area contributed by atoms with Crippen molar-refractivity contribution in [1.29, 1.82) is 0 Å². The molecule has 2 aromatic carbocycles. The quantitative estimate of drug-likeness (QED) is 0.908. The number of halogens is 1. The van der Waals surface area contributed by atoms with Gasteiger partial charge >= 0.3 is 0 Å². The lowest BCUT2D eigenvalue weighted by Gasteiger charge is -2.10. The molecule has 2 aromatic rings. The van der Waals surface area contributed by atoms with Crippen LogP contribution in [0, 0.1) is 5.82 Å². The Morgan fingerprint density at radius 1 is 1.20 bits per heavy atom. The monoisotopic (exact) mass is 276 g/mol. The Bertz CT molecular complexity index is 582. The molecule has 0 bridgehead atoms. The minimum atomic E-state index is -0.697. The smallest absolute Gasteiger partial charge is 0.165 e. The van der Waals surface area contributed by atoms with Crippen LogP contribution in [0.25, 0.3) is 0 Å². The predicted octanol–water partition coefficient (Wildman–Crippen LogP) is 3.47. The lowest BCUT2D eigenvalue weighted by atomic mass is 10.1. The van der Waals surface area contributed by atoms with Crippen molar-refractivity contribution < 1.29 is 19.0 Å². The first-order valence-electron chi connectivity index (χ1n) is 6.33. The van der Waals surface area contributed by atoms with Crippen molar-refractivity contribution in [1.82, 2.24) is 0 Å². The van der Waals surface area contributed by atoms with E-state index >= 15 is 0 Å². The lowest BCUT2D eigenvalue weighted by Crippen LogP contribution is -1.99. The van der Waals surface area contributed by atoms with E-state index in [2.05, 4.69) is 0 Å². The predicted molar refractivity (Wildman–Crippen MR) is 74.4 cm³/mol. The number of aliphatic hydroxyl groups is 1. The zero-order valence-corrected chi connectivity index (χ0v) is 11.5. The van der Waals surface area contributed by atoms with E-state index < -0.39 is 11.9 Å². The van der Waals surface area contributed by atoms with Gasteiger partial charge in [-0.15, -0.1) is 0 Å². The highest BCUT2D eigenvalue weighted by Crippen LogP contribution is 2.23. The minimum Gasteiger partial charge on any atom is -0.497 e. The first kappa shape index (κ1) is 14.3. The summed E-state index contributed by atoms with van der Waals surface area (Å²) >= 11 is 0. The molecule has 3 nitrogen and oxygen atoms in total. The van der Waals surface area contributed by atoms with E-state index in [1.807, 2.05) is 24.3 Å². The largest absolute Gasteiger partial charge is 0.497 e. The molecule has 0 radical (unpaired) electrons. The standard InChI is InChI=1S/C16H17FO3/c1-11(18)13-6-7-16(15(17)9-13)20-10-12-4-3-5-14(8-12)19-2/h3-9,11,18H,10H2,1-2H3/t11-/m0/s1. The van der Waals surface area contributed by atoms with Crippen LogP contribution in [0.2, 0.25) is 0 Å². The number of aliphatic hydroxyl groups excluding tert-OH is 1. The van der Waals surface area contributed by atoms with Gasteiger partial charge in [0, 0.05) is 0 Å². The zero-order valence-electron chi connectivity index (χ0n) is 11.5. The fourth-order valence-electron chi connectivity index (χ4n) is 1.82. The van der Waals surface area contributed by atoms with Crippen molar-refractivity contribution in [2.24, 2.45) is 0 Å². The fourth-order valence-corrected chi connectivity index (χ4v) is 1.82. The summed E-state index contributed by atoms with van der Waals surface area (Å²) in [6.45, 7) is 1.84. The van der Waals surface area contributed by atoms with Crippen LogP contribution in [0.5, 0.6) is 11.5 Å². The highest BCUT2D eigenvalue weighted by Gasteiger charge is 2.08. The number of benzene rings is 2. The molecule has 4 heteroatoms. The van der Waals surface area contributed by atoms with Crippen LogP contribution in [0.15, 0.2) is 42.5 Å². The number of hydrogen-bond acceptors (Lipinski definition) is 3. The second kappa shape index (κ2) is 6.39. The lowest BCUT2D eigenvalue weighted by molar-refractivity contribution is 0.198. The molecule has 1 atom stereocenters. The average molecular weight is 276 g/mol. The molecule has 106 valence electrons. The van der Waals surface area contributed by atoms with E-state index in [4.69, 9.17) is 9.47 Å². The highest BCUT2D eigenvalue weighted by atomic mass is 19.1. The summed E-state index contributed by atoms with van der Waals surface area (Å²) in [5.74, 6) is 0.416. The van der Waals surface area contributed by atoms with Gasteiger partial charge in [0.15, 0.2) is 11.6 Å². The van der Waals surface area contributed by atoms with Crippen LogP contribution >= 0.6 is 0 Å². The second-order valence-corrected chi connectivity index (χ2v) is 4.51. The summed E-state index contributed by atoms with van der Waals surface area (Å²) < 4.78 is 24.4. The SMILES string of the molecule is COc1cccc(COc2ccc([C@H](C)O)cc2F)c1. The Hall–Kier alpha value is -2.07. The third-order valence-electron chi connectivity index (χ3n) is 2.97. The number of rotatable bonds is 5. The van der Waals surface area contributed by atoms with Crippen molar-refractivity contribution in [3.63, 3.8) is 0 Å². The van der Waals surface area contributed by atoms with E-state index in [1.54, 1.807) is 20.1 Å². The Labute approximate surface area is 117 Å². The molecule has 0 heterocycles. The van der Waals surface area contributed by atoms with Crippen LogP contribution in [0.3, 0.4) is 0 Å². The van der Waals surface area contributed by atoms with Crippen LogP contribution in [-0.2, 0) is 6.61 Å². The molecule has 0 aliphatic rings. The first-order valence-corrected chi connectivity index (χ1v) is 6.33. The van der Waals surface area contributed by atoms with Crippen LogP contribution in [0.4, 0.5) is 4.39 Å². The Kier molecular flexibility index (Phi) is 4.58. The average Bonchev–Trinajstić information content (AvgIpc) is 2.46.